The zero-order chi connectivity index (χ0) is 15.1. The molecule has 0 aliphatic rings. The van der Waals surface area contributed by atoms with Gasteiger partial charge in [0, 0.05) is 18.2 Å². The van der Waals surface area contributed by atoms with Gasteiger partial charge in [0.25, 0.3) is 5.91 Å². The molecule has 112 valence electrons. The van der Waals surface area contributed by atoms with Crippen LogP contribution in [0.25, 0.3) is 0 Å². The first-order chi connectivity index (χ1) is 9.57. The number of carbonyl (C=O) groups excluding carboxylic acids is 1. The summed E-state index contributed by atoms with van der Waals surface area (Å²) in [5.74, 6) is 1.11. The van der Waals surface area contributed by atoms with Crippen LogP contribution in [-0.2, 0) is 0 Å². The molecule has 3 N–H and O–H groups in total. The normalized spacial score (nSPS) is 11.7. The standard InChI is InChI=1S/C14H22N2O4/c1-5-10(15)8-16-14(17)9-6-11(18-2)13(20-4)12(7-9)19-3/h6-7,10H,5,8,15H2,1-4H3,(H,16,17). The molecule has 0 saturated heterocycles. The number of rotatable bonds is 7. The number of hydrogen-bond acceptors (Lipinski definition) is 5. The predicted molar refractivity (Wildman–Crippen MR) is 76.7 cm³/mol. The van der Waals surface area contributed by atoms with Crippen LogP contribution in [-0.4, -0.2) is 39.8 Å². The Bertz CT molecular complexity index is 437. The van der Waals surface area contributed by atoms with Gasteiger partial charge in [0.15, 0.2) is 11.5 Å². The molecule has 0 heterocycles. The van der Waals surface area contributed by atoms with Crippen molar-refractivity contribution >= 4 is 5.91 Å². The summed E-state index contributed by atoms with van der Waals surface area (Å²) in [5.41, 5.74) is 6.21. The molecule has 0 aliphatic heterocycles. The van der Waals surface area contributed by atoms with Gasteiger partial charge in [-0.05, 0) is 18.6 Å². The summed E-state index contributed by atoms with van der Waals surface area (Å²) in [7, 11) is 4.53. The number of hydrogen-bond donors (Lipinski definition) is 2. The molecule has 1 amide bonds. The van der Waals surface area contributed by atoms with Crippen LogP contribution >= 0.6 is 0 Å². The van der Waals surface area contributed by atoms with Crippen molar-refractivity contribution in [2.24, 2.45) is 5.73 Å². The van der Waals surface area contributed by atoms with Gasteiger partial charge < -0.3 is 25.3 Å². The van der Waals surface area contributed by atoms with Crippen molar-refractivity contribution in [2.45, 2.75) is 19.4 Å². The minimum atomic E-state index is -0.229. The minimum absolute atomic E-state index is 0.0546. The number of nitrogens with one attached hydrogen (secondary N) is 1. The Morgan fingerprint density at radius 1 is 1.20 bits per heavy atom. The lowest BCUT2D eigenvalue weighted by atomic mass is 10.1. The van der Waals surface area contributed by atoms with Crippen molar-refractivity contribution in [3.8, 4) is 17.2 Å². The lowest BCUT2D eigenvalue weighted by Gasteiger charge is -2.15. The molecule has 6 nitrogen and oxygen atoms in total. The van der Waals surface area contributed by atoms with E-state index in [-0.39, 0.29) is 11.9 Å². The average Bonchev–Trinajstić information content (AvgIpc) is 2.50. The van der Waals surface area contributed by atoms with Gasteiger partial charge in [0.05, 0.1) is 21.3 Å². The number of nitrogens with two attached hydrogens (primary N) is 1. The van der Waals surface area contributed by atoms with Crippen LogP contribution in [0.2, 0.25) is 0 Å². The largest absolute Gasteiger partial charge is 0.493 e. The lowest BCUT2D eigenvalue weighted by Crippen LogP contribution is -2.36. The van der Waals surface area contributed by atoms with Gasteiger partial charge in [-0.2, -0.15) is 0 Å². The predicted octanol–water partition coefficient (Wildman–Crippen LogP) is 1.18. The van der Waals surface area contributed by atoms with Gasteiger partial charge in [-0.15, -0.1) is 0 Å². The first-order valence-corrected chi connectivity index (χ1v) is 6.41. The average molecular weight is 282 g/mol. The molecular formula is C14H22N2O4. The molecule has 0 spiro atoms. The third-order valence-corrected chi connectivity index (χ3v) is 2.98. The van der Waals surface area contributed by atoms with E-state index in [1.54, 1.807) is 12.1 Å². The fourth-order valence-corrected chi connectivity index (χ4v) is 1.68. The number of amides is 1. The lowest BCUT2D eigenvalue weighted by molar-refractivity contribution is 0.0950. The quantitative estimate of drug-likeness (QED) is 0.784. The Morgan fingerprint density at radius 3 is 2.15 bits per heavy atom. The van der Waals surface area contributed by atoms with E-state index in [0.717, 1.165) is 6.42 Å². The van der Waals surface area contributed by atoms with Crippen LogP contribution in [0.15, 0.2) is 12.1 Å². The third-order valence-electron chi connectivity index (χ3n) is 2.98. The van der Waals surface area contributed by atoms with Gasteiger partial charge in [0.1, 0.15) is 0 Å². The molecule has 0 bridgehead atoms. The van der Waals surface area contributed by atoms with Crippen molar-refractivity contribution in [3.63, 3.8) is 0 Å². The highest BCUT2D eigenvalue weighted by Crippen LogP contribution is 2.38. The molecule has 0 radical (unpaired) electrons. The highest BCUT2D eigenvalue weighted by Gasteiger charge is 2.17. The van der Waals surface area contributed by atoms with E-state index in [2.05, 4.69) is 5.32 Å². The topological polar surface area (TPSA) is 82.8 Å². The number of methoxy groups -OCH3 is 3. The fourth-order valence-electron chi connectivity index (χ4n) is 1.68. The van der Waals surface area contributed by atoms with Crippen molar-refractivity contribution in [2.75, 3.05) is 27.9 Å². The van der Waals surface area contributed by atoms with Crippen LogP contribution in [0.5, 0.6) is 17.2 Å². The summed E-state index contributed by atoms with van der Waals surface area (Å²) >= 11 is 0. The van der Waals surface area contributed by atoms with E-state index in [4.69, 9.17) is 19.9 Å². The molecule has 0 aliphatic carbocycles. The van der Waals surface area contributed by atoms with E-state index < -0.39 is 0 Å². The summed E-state index contributed by atoms with van der Waals surface area (Å²) in [6.45, 7) is 2.39. The van der Waals surface area contributed by atoms with Crippen molar-refractivity contribution < 1.29 is 19.0 Å². The number of carbonyl (C=O) groups is 1. The second kappa shape index (κ2) is 7.59. The summed E-state index contributed by atoms with van der Waals surface area (Å²) in [6, 6.07) is 3.16. The van der Waals surface area contributed by atoms with Crippen LogP contribution in [0.4, 0.5) is 0 Å². The zero-order valence-corrected chi connectivity index (χ0v) is 12.4. The molecule has 0 saturated carbocycles. The van der Waals surface area contributed by atoms with Crippen LogP contribution in [0.1, 0.15) is 23.7 Å². The summed E-state index contributed by atoms with van der Waals surface area (Å²) in [5, 5.41) is 2.77. The second-order valence-electron chi connectivity index (χ2n) is 4.29. The van der Waals surface area contributed by atoms with E-state index in [0.29, 0.717) is 29.4 Å². The van der Waals surface area contributed by atoms with Gasteiger partial charge in [-0.25, -0.2) is 0 Å². The molecule has 1 aromatic carbocycles. The summed E-state index contributed by atoms with van der Waals surface area (Å²) in [4.78, 5) is 12.1. The highest BCUT2D eigenvalue weighted by molar-refractivity contribution is 5.95. The number of benzene rings is 1. The maximum absolute atomic E-state index is 12.1. The first kappa shape index (κ1) is 16.1. The third kappa shape index (κ3) is 3.77. The van der Waals surface area contributed by atoms with E-state index in [9.17, 15) is 4.79 Å². The molecule has 1 aromatic rings. The highest BCUT2D eigenvalue weighted by atomic mass is 16.5. The van der Waals surface area contributed by atoms with Crippen LogP contribution in [0.3, 0.4) is 0 Å². The van der Waals surface area contributed by atoms with E-state index in [1.807, 2.05) is 6.92 Å². The minimum Gasteiger partial charge on any atom is -0.493 e. The molecule has 6 heteroatoms. The van der Waals surface area contributed by atoms with Crippen LogP contribution < -0.4 is 25.3 Å². The van der Waals surface area contributed by atoms with Gasteiger partial charge in [0.2, 0.25) is 5.75 Å². The fraction of sp³-hybridized carbons (Fsp3) is 0.500. The van der Waals surface area contributed by atoms with Crippen molar-refractivity contribution in [1.82, 2.24) is 5.32 Å². The second-order valence-corrected chi connectivity index (χ2v) is 4.29. The summed E-state index contributed by atoms with van der Waals surface area (Å²) < 4.78 is 15.6. The van der Waals surface area contributed by atoms with Gasteiger partial charge in [-0.1, -0.05) is 6.92 Å². The van der Waals surface area contributed by atoms with Crippen LogP contribution in [0, 0.1) is 0 Å². The Balaban J connectivity index is 2.97. The Labute approximate surface area is 119 Å². The Kier molecular flexibility index (Phi) is 6.11. The molecule has 1 atom stereocenters. The molecule has 1 unspecified atom stereocenters. The van der Waals surface area contributed by atoms with Crippen molar-refractivity contribution in [3.05, 3.63) is 17.7 Å². The first-order valence-electron chi connectivity index (χ1n) is 6.41. The maximum atomic E-state index is 12.1. The smallest absolute Gasteiger partial charge is 0.251 e. The molecule has 0 aromatic heterocycles. The maximum Gasteiger partial charge on any atom is 0.251 e. The van der Waals surface area contributed by atoms with E-state index in [1.165, 1.54) is 21.3 Å². The summed E-state index contributed by atoms with van der Waals surface area (Å²) in [6.07, 6.45) is 0.801. The monoisotopic (exact) mass is 282 g/mol. The van der Waals surface area contributed by atoms with Gasteiger partial charge in [-0.3, -0.25) is 4.79 Å². The van der Waals surface area contributed by atoms with E-state index >= 15 is 0 Å². The zero-order valence-electron chi connectivity index (χ0n) is 12.4. The molecule has 1 rings (SSSR count). The van der Waals surface area contributed by atoms with Gasteiger partial charge >= 0.3 is 0 Å². The van der Waals surface area contributed by atoms with Crippen molar-refractivity contribution in [1.29, 1.82) is 0 Å². The Hall–Kier alpha value is -1.95. The SMILES string of the molecule is CCC(N)CNC(=O)c1cc(OC)c(OC)c(OC)c1. The molecule has 0 fully saturated rings. The molecule has 20 heavy (non-hydrogen) atoms. The Morgan fingerprint density at radius 2 is 1.75 bits per heavy atom. The molecular weight excluding hydrogens is 260 g/mol. The number of ether oxygens (including phenoxy) is 3.